The van der Waals surface area contributed by atoms with Crippen molar-refractivity contribution in [1.29, 1.82) is 0 Å². The Morgan fingerprint density at radius 1 is 1.25 bits per heavy atom. The van der Waals surface area contributed by atoms with Crippen molar-refractivity contribution in [1.82, 2.24) is 0 Å². The van der Waals surface area contributed by atoms with Crippen molar-refractivity contribution in [3.05, 3.63) is 0 Å². The second-order valence-electron chi connectivity index (χ2n) is 2.38. The Bertz CT molecular complexity index is 94.6. The first-order valence-electron chi connectivity index (χ1n) is 3.00. The summed E-state index contributed by atoms with van der Waals surface area (Å²) in [5.41, 5.74) is 0. The first-order valence-corrected chi connectivity index (χ1v) is 3.94. The first-order chi connectivity index (χ1) is 3.91. The van der Waals surface area contributed by atoms with Gasteiger partial charge in [0.2, 0.25) is 0 Å². The molecule has 0 aromatic rings. The van der Waals surface area contributed by atoms with Gasteiger partial charge in [-0.1, -0.05) is 0 Å². The summed E-state index contributed by atoms with van der Waals surface area (Å²) in [4.78, 5) is 0. The van der Waals surface area contributed by atoms with Crippen LogP contribution in [-0.4, -0.2) is 36.1 Å². The lowest BCUT2D eigenvalue weighted by atomic mass is 10.5. The second-order valence-corrected chi connectivity index (χ2v) is 3.67. The Morgan fingerprint density at radius 3 is 2.25 bits per heavy atom. The van der Waals surface area contributed by atoms with E-state index in [2.05, 4.69) is 0 Å². The maximum Gasteiger partial charge on any atom is 0.190 e. The highest BCUT2D eigenvalue weighted by molar-refractivity contribution is 7.98. The van der Waals surface area contributed by atoms with Gasteiger partial charge in [0, 0.05) is 0 Å². The second kappa shape index (κ2) is 1.62. The van der Waals surface area contributed by atoms with E-state index in [4.69, 9.17) is 4.74 Å². The number of morpholine rings is 1. The summed E-state index contributed by atoms with van der Waals surface area (Å²) in [6.07, 6.45) is 0. The third kappa shape index (κ3) is 0.747. The zero-order valence-corrected chi connectivity index (χ0v) is 5.62. The quantitative estimate of drug-likeness (QED) is 0.269. The van der Waals surface area contributed by atoms with Crippen molar-refractivity contribution >= 4 is 11.9 Å². The van der Waals surface area contributed by atoms with Crippen molar-refractivity contribution in [3.63, 3.8) is 0 Å². The molecule has 0 radical (unpaired) electrons. The fourth-order valence-corrected chi connectivity index (χ4v) is 1.84. The lowest BCUT2D eigenvalue weighted by Crippen LogP contribution is -2.36. The highest BCUT2D eigenvalue weighted by atomic mass is 32.2. The number of nitrogens with zero attached hydrogens (tertiary/aromatic N) is 1. The highest BCUT2D eigenvalue weighted by Gasteiger charge is 2.46. The summed E-state index contributed by atoms with van der Waals surface area (Å²) in [5.74, 6) is 1.34. The summed E-state index contributed by atoms with van der Waals surface area (Å²) in [6, 6.07) is 0. The lowest BCUT2D eigenvalue weighted by Gasteiger charge is -2.19. The average molecular weight is 132 g/mol. The van der Waals surface area contributed by atoms with Crippen molar-refractivity contribution < 1.29 is 8.63 Å². The summed E-state index contributed by atoms with van der Waals surface area (Å²) in [7, 11) is 0. The topological polar surface area (TPSA) is 9.23 Å². The molecular formula is C5H10NOS+. The van der Waals surface area contributed by atoms with E-state index in [0.29, 0.717) is 0 Å². The van der Waals surface area contributed by atoms with Crippen LogP contribution >= 0.6 is 11.9 Å². The summed E-state index contributed by atoms with van der Waals surface area (Å²) < 4.78 is 6.51. The van der Waals surface area contributed by atoms with E-state index in [1.165, 1.54) is 22.9 Å². The molecule has 0 saturated carbocycles. The van der Waals surface area contributed by atoms with Crippen LogP contribution in [-0.2, 0) is 4.74 Å². The molecule has 2 aliphatic rings. The largest absolute Gasteiger partial charge is 0.370 e. The van der Waals surface area contributed by atoms with E-state index in [1.807, 2.05) is 11.9 Å². The van der Waals surface area contributed by atoms with Crippen LogP contribution in [0, 0.1) is 0 Å². The molecular weight excluding hydrogens is 122 g/mol. The normalized spacial score (nSPS) is 33.0. The highest BCUT2D eigenvalue weighted by Crippen LogP contribution is 2.41. The molecule has 0 aromatic heterocycles. The molecule has 0 aromatic carbocycles. The standard InChI is InChI=1S/C5H10NOS/c1-3-7-4-2-6(1)5-8-6/h1-5H2/q+1. The van der Waals surface area contributed by atoms with Crippen LogP contribution in [0.25, 0.3) is 0 Å². The van der Waals surface area contributed by atoms with Gasteiger partial charge in [-0.3, -0.25) is 0 Å². The zero-order valence-electron chi connectivity index (χ0n) is 4.80. The SMILES string of the molecule is C1C[N+]2(CCO1)CS2. The molecule has 2 nitrogen and oxygen atoms in total. The van der Waals surface area contributed by atoms with Crippen LogP contribution in [0.15, 0.2) is 0 Å². The molecule has 2 aliphatic heterocycles. The molecule has 2 saturated heterocycles. The maximum atomic E-state index is 5.22. The van der Waals surface area contributed by atoms with Crippen LogP contribution in [0.2, 0.25) is 0 Å². The Kier molecular flexibility index (Phi) is 1.03. The van der Waals surface area contributed by atoms with Gasteiger partial charge in [-0.05, 0) is 0 Å². The van der Waals surface area contributed by atoms with Crippen molar-refractivity contribution in [2.45, 2.75) is 0 Å². The van der Waals surface area contributed by atoms with E-state index < -0.39 is 0 Å². The van der Waals surface area contributed by atoms with Gasteiger partial charge in [-0.15, -0.1) is 0 Å². The first kappa shape index (κ1) is 5.09. The van der Waals surface area contributed by atoms with E-state index in [9.17, 15) is 0 Å². The van der Waals surface area contributed by atoms with Gasteiger partial charge in [0.25, 0.3) is 0 Å². The summed E-state index contributed by atoms with van der Waals surface area (Å²) in [6.45, 7) is 4.44. The van der Waals surface area contributed by atoms with Crippen molar-refractivity contribution in [3.8, 4) is 0 Å². The summed E-state index contributed by atoms with van der Waals surface area (Å²) in [5, 5.41) is 0. The van der Waals surface area contributed by atoms with Crippen LogP contribution < -0.4 is 0 Å². The lowest BCUT2D eigenvalue weighted by molar-refractivity contribution is -0.739. The van der Waals surface area contributed by atoms with E-state index in [0.717, 1.165) is 13.2 Å². The third-order valence-electron chi connectivity index (χ3n) is 1.78. The zero-order chi connectivity index (χ0) is 5.45. The molecule has 2 heterocycles. The Labute approximate surface area is 53.5 Å². The third-order valence-corrected chi connectivity index (χ3v) is 3.13. The predicted molar refractivity (Wildman–Crippen MR) is 33.3 cm³/mol. The number of ether oxygens (including phenoxy) is 1. The van der Waals surface area contributed by atoms with Crippen molar-refractivity contribution in [2.75, 3.05) is 32.2 Å². The molecule has 0 aliphatic carbocycles. The maximum absolute atomic E-state index is 5.22. The summed E-state index contributed by atoms with van der Waals surface area (Å²) >= 11 is 2.05. The predicted octanol–water partition coefficient (Wildman–Crippen LogP) is 0.453. The molecule has 46 valence electrons. The smallest absolute Gasteiger partial charge is 0.190 e. The Balaban J connectivity index is 1.95. The van der Waals surface area contributed by atoms with Gasteiger partial charge in [0.05, 0.1) is 13.2 Å². The monoisotopic (exact) mass is 132 g/mol. The van der Waals surface area contributed by atoms with E-state index in [1.54, 1.807) is 0 Å². The van der Waals surface area contributed by atoms with Crippen LogP contribution in [0.1, 0.15) is 0 Å². The fraction of sp³-hybridized carbons (Fsp3) is 1.00. The van der Waals surface area contributed by atoms with Crippen LogP contribution in [0.3, 0.4) is 0 Å². The number of hydrogen-bond acceptors (Lipinski definition) is 2. The molecule has 0 bridgehead atoms. The molecule has 0 amide bonds. The molecule has 1 spiro atoms. The minimum atomic E-state index is 0.979. The number of hydrogen-bond donors (Lipinski definition) is 0. The van der Waals surface area contributed by atoms with Gasteiger partial charge >= 0.3 is 0 Å². The molecule has 8 heavy (non-hydrogen) atoms. The van der Waals surface area contributed by atoms with E-state index in [-0.39, 0.29) is 0 Å². The van der Waals surface area contributed by atoms with Crippen molar-refractivity contribution in [2.24, 2.45) is 0 Å². The minimum Gasteiger partial charge on any atom is -0.370 e. The molecule has 2 fully saturated rings. The Morgan fingerprint density at radius 2 is 1.88 bits per heavy atom. The van der Waals surface area contributed by atoms with Gasteiger partial charge in [-0.25, -0.2) is 3.89 Å². The molecule has 0 N–H and O–H groups in total. The van der Waals surface area contributed by atoms with Gasteiger partial charge in [0.15, 0.2) is 5.88 Å². The molecule has 2 rings (SSSR count). The van der Waals surface area contributed by atoms with Crippen LogP contribution in [0.4, 0.5) is 0 Å². The Hall–Kier alpha value is 0.270. The van der Waals surface area contributed by atoms with Gasteiger partial charge in [-0.2, -0.15) is 0 Å². The fourth-order valence-electron chi connectivity index (χ4n) is 1.02. The average Bonchev–Trinajstić information content (AvgIpc) is 2.52. The number of quaternary nitrogens is 1. The molecule has 0 unspecified atom stereocenters. The minimum absolute atomic E-state index is 0.979. The number of rotatable bonds is 0. The van der Waals surface area contributed by atoms with Gasteiger partial charge in [0.1, 0.15) is 25.0 Å². The van der Waals surface area contributed by atoms with E-state index >= 15 is 0 Å². The van der Waals surface area contributed by atoms with Crippen LogP contribution in [0.5, 0.6) is 0 Å². The molecule has 0 atom stereocenters. The molecule has 3 heteroatoms. The van der Waals surface area contributed by atoms with Gasteiger partial charge < -0.3 is 4.74 Å².